The summed E-state index contributed by atoms with van der Waals surface area (Å²) in [5.74, 6) is -0.444. The molecule has 0 aromatic carbocycles. The second-order valence-electron chi connectivity index (χ2n) is 3.81. The molecule has 3 aromatic heterocycles. The highest BCUT2D eigenvalue weighted by Crippen LogP contribution is 2.25. The van der Waals surface area contributed by atoms with Gasteiger partial charge in [0.2, 0.25) is 0 Å². The van der Waals surface area contributed by atoms with E-state index in [1.165, 1.54) is 0 Å². The molecule has 0 fully saturated rings. The summed E-state index contributed by atoms with van der Waals surface area (Å²) in [6, 6.07) is 5.90. The number of imidazole rings is 1. The van der Waals surface area contributed by atoms with Crippen LogP contribution in [0.1, 0.15) is 17.4 Å². The Balaban J connectivity index is 2.16. The molecule has 96 valence electrons. The molecule has 0 atom stereocenters. The fraction of sp³-hybridized carbons (Fsp3) is 0.154. The van der Waals surface area contributed by atoms with Crippen molar-refractivity contribution in [2.45, 2.75) is 6.92 Å². The monoisotopic (exact) mass is 273 g/mol. The fourth-order valence-electron chi connectivity index (χ4n) is 1.87. The van der Waals surface area contributed by atoms with E-state index in [9.17, 15) is 4.79 Å². The summed E-state index contributed by atoms with van der Waals surface area (Å²) in [5, 5.41) is 2.00. The van der Waals surface area contributed by atoms with Gasteiger partial charge in [-0.25, -0.2) is 14.8 Å². The smallest absolute Gasteiger partial charge is 0.360 e. The topological polar surface area (TPSA) is 56.5 Å². The summed E-state index contributed by atoms with van der Waals surface area (Å²) in [5.41, 5.74) is 1.73. The van der Waals surface area contributed by atoms with E-state index in [-0.39, 0.29) is 5.69 Å². The molecule has 3 heterocycles. The molecule has 3 aromatic rings. The van der Waals surface area contributed by atoms with Crippen LogP contribution in [0.3, 0.4) is 0 Å². The normalized spacial score (nSPS) is 10.8. The number of rotatable bonds is 3. The Hall–Kier alpha value is -2.21. The van der Waals surface area contributed by atoms with Crippen molar-refractivity contribution in [3.8, 4) is 10.6 Å². The molecule has 0 aliphatic rings. The Morgan fingerprint density at radius 1 is 1.42 bits per heavy atom. The van der Waals surface area contributed by atoms with Crippen LogP contribution < -0.4 is 0 Å². The van der Waals surface area contributed by atoms with Crippen LogP contribution in [0.2, 0.25) is 0 Å². The summed E-state index contributed by atoms with van der Waals surface area (Å²) < 4.78 is 6.78. The van der Waals surface area contributed by atoms with Crippen molar-refractivity contribution >= 4 is 23.0 Å². The number of carbonyl (C=O) groups is 1. The van der Waals surface area contributed by atoms with Crippen LogP contribution in [0, 0.1) is 0 Å². The molecule has 0 saturated heterocycles. The van der Waals surface area contributed by atoms with Crippen LogP contribution in [0.15, 0.2) is 36.1 Å². The van der Waals surface area contributed by atoms with Crippen molar-refractivity contribution in [2.24, 2.45) is 0 Å². The average molecular weight is 273 g/mol. The van der Waals surface area contributed by atoms with Crippen molar-refractivity contribution < 1.29 is 9.53 Å². The Kier molecular flexibility index (Phi) is 3.00. The molecule has 0 radical (unpaired) electrons. The van der Waals surface area contributed by atoms with Gasteiger partial charge < -0.3 is 4.74 Å². The molecular formula is C13H11N3O2S. The van der Waals surface area contributed by atoms with Gasteiger partial charge in [0.1, 0.15) is 6.33 Å². The van der Waals surface area contributed by atoms with Gasteiger partial charge in [-0.1, -0.05) is 6.07 Å². The number of nitrogens with zero attached hydrogens (tertiary/aromatic N) is 3. The second kappa shape index (κ2) is 4.81. The number of fused-ring (bicyclic) bond motifs is 1. The predicted octanol–water partition coefficient (Wildman–Crippen LogP) is 2.63. The van der Waals surface area contributed by atoms with Crippen molar-refractivity contribution in [1.82, 2.24) is 14.4 Å². The first-order valence-electron chi connectivity index (χ1n) is 5.84. The lowest BCUT2D eigenvalue weighted by atomic mass is 10.3. The van der Waals surface area contributed by atoms with Crippen molar-refractivity contribution in [3.05, 3.63) is 41.8 Å². The zero-order valence-corrected chi connectivity index (χ0v) is 11.1. The third kappa shape index (κ3) is 2.00. The Morgan fingerprint density at radius 3 is 3.05 bits per heavy atom. The van der Waals surface area contributed by atoms with Gasteiger partial charge in [0.25, 0.3) is 0 Å². The number of aromatic nitrogens is 3. The van der Waals surface area contributed by atoms with E-state index in [4.69, 9.17) is 4.74 Å². The zero-order chi connectivity index (χ0) is 13.2. The molecule has 0 aliphatic carbocycles. The molecule has 0 bridgehead atoms. The van der Waals surface area contributed by atoms with Gasteiger partial charge in [0.05, 0.1) is 17.2 Å². The van der Waals surface area contributed by atoms with E-state index in [2.05, 4.69) is 9.97 Å². The van der Waals surface area contributed by atoms with Crippen molar-refractivity contribution in [2.75, 3.05) is 6.61 Å². The quantitative estimate of drug-likeness (QED) is 0.688. The van der Waals surface area contributed by atoms with Gasteiger partial charge in [-0.15, -0.1) is 11.3 Å². The molecular weight excluding hydrogens is 262 g/mol. The van der Waals surface area contributed by atoms with E-state index >= 15 is 0 Å². The number of carbonyl (C=O) groups excluding carboxylic acids is 1. The molecule has 0 spiro atoms. The van der Waals surface area contributed by atoms with E-state index in [1.54, 1.807) is 35.2 Å². The first-order valence-corrected chi connectivity index (χ1v) is 6.72. The lowest BCUT2D eigenvalue weighted by molar-refractivity contribution is 0.0522. The minimum atomic E-state index is -0.444. The summed E-state index contributed by atoms with van der Waals surface area (Å²) in [4.78, 5) is 21.2. The summed E-state index contributed by atoms with van der Waals surface area (Å²) >= 11 is 1.63. The number of hydrogen-bond acceptors (Lipinski definition) is 5. The van der Waals surface area contributed by atoms with Gasteiger partial charge in [-0.2, -0.15) is 0 Å². The number of hydrogen-bond donors (Lipinski definition) is 0. The van der Waals surface area contributed by atoms with Crippen molar-refractivity contribution in [1.29, 1.82) is 0 Å². The standard InChI is InChI=1S/C13H11N3O2S/c1-2-18-13(17)11-12-14-6-5-9(16(12)8-15-11)10-4-3-7-19-10/h3-8H,2H2,1H3. The highest BCUT2D eigenvalue weighted by atomic mass is 32.1. The van der Waals surface area contributed by atoms with Gasteiger partial charge in [-0.05, 0) is 24.4 Å². The third-order valence-corrected chi connectivity index (χ3v) is 3.57. The van der Waals surface area contributed by atoms with Crippen LogP contribution in [-0.4, -0.2) is 26.9 Å². The maximum absolute atomic E-state index is 11.8. The number of ether oxygens (including phenoxy) is 1. The third-order valence-electron chi connectivity index (χ3n) is 2.67. The Morgan fingerprint density at radius 2 is 2.32 bits per heavy atom. The van der Waals surface area contributed by atoms with Crippen LogP contribution in [0.25, 0.3) is 16.2 Å². The lowest BCUT2D eigenvalue weighted by Crippen LogP contribution is -2.06. The molecule has 0 N–H and O–H groups in total. The molecule has 0 saturated carbocycles. The highest BCUT2D eigenvalue weighted by molar-refractivity contribution is 7.13. The minimum absolute atomic E-state index is 0.250. The lowest BCUT2D eigenvalue weighted by Gasteiger charge is -2.02. The summed E-state index contributed by atoms with van der Waals surface area (Å²) in [6.07, 6.45) is 3.28. The molecule has 0 amide bonds. The van der Waals surface area contributed by atoms with Gasteiger partial charge >= 0.3 is 5.97 Å². The van der Waals surface area contributed by atoms with Gasteiger partial charge in [-0.3, -0.25) is 4.40 Å². The Labute approximate surface area is 113 Å². The van der Waals surface area contributed by atoms with Crippen molar-refractivity contribution in [3.63, 3.8) is 0 Å². The SMILES string of the molecule is CCOC(=O)c1ncn2c(-c3cccs3)ccnc12. The van der Waals surface area contributed by atoms with E-state index in [0.717, 1.165) is 10.6 Å². The second-order valence-corrected chi connectivity index (χ2v) is 4.76. The first-order chi connectivity index (χ1) is 9.31. The Bertz CT molecular complexity index is 719. The predicted molar refractivity (Wildman–Crippen MR) is 72.3 cm³/mol. The van der Waals surface area contributed by atoms with E-state index in [0.29, 0.717) is 12.3 Å². The zero-order valence-electron chi connectivity index (χ0n) is 10.2. The van der Waals surface area contributed by atoms with E-state index < -0.39 is 5.97 Å². The molecule has 0 unspecified atom stereocenters. The largest absolute Gasteiger partial charge is 0.461 e. The van der Waals surface area contributed by atoms with E-state index in [1.807, 2.05) is 23.6 Å². The fourth-order valence-corrected chi connectivity index (χ4v) is 2.62. The molecule has 3 rings (SSSR count). The van der Waals surface area contributed by atoms with Gasteiger partial charge in [0, 0.05) is 6.20 Å². The first kappa shape index (κ1) is 11.9. The van der Waals surface area contributed by atoms with Crippen LogP contribution in [0.5, 0.6) is 0 Å². The molecule has 0 aliphatic heterocycles. The maximum atomic E-state index is 11.8. The summed E-state index contributed by atoms with van der Waals surface area (Å²) in [7, 11) is 0. The molecule has 6 heteroatoms. The van der Waals surface area contributed by atoms with Crippen LogP contribution in [-0.2, 0) is 4.74 Å². The number of esters is 1. The maximum Gasteiger partial charge on any atom is 0.360 e. The minimum Gasteiger partial charge on any atom is -0.461 e. The summed E-state index contributed by atoms with van der Waals surface area (Å²) in [6.45, 7) is 2.09. The molecule has 5 nitrogen and oxygen atoms in total. The van der Waals surface area contributed by atoms with Crippen LogP contribution in [0.4, 0.5) is 0 Å². The number of thiophene rings is 1. The highest BCUT2D eigenvalue weighted by Gasteiger charge is 2.17. The average Bonchev–Trinajstić information content (AvgIpc) is 3.08. The van der Waals surface area contributed by atoms with Gasteiger partial charge in [0.15, 0.2) is 11.3 Å². The molecule has 19 heavy (non-hydrogen) atoms. The van der Waals surface area contributed by atoms with Crippen LogP contribution >= 0.6 is 11.3 Å².